The maximum absolute atomic E-state index is 12.5. The van der Waals surface area contributed by atoms with Crippen molar-refractivity contribution in [1.82, 2.24) is 9.80 Å². The Morgan fingerprint density at radius 1 is 1.05 bits per heavy atom. The molecular formula is C16H34N2O2. The third-order valence-corrected chi connectivity index (χ3v) is 3.13. The number of rotatable bonds is 11. The predicted octanol–water partition coefficient (Wildman–Crippen LogP) is 2.22. The Hall–Kier alpha value is -0.610. The fraction of sp³-hybridized carbons (Fsp3) is 0.938. The van der Waals surface area contributed by atoms with Gasteiger partial charge in [-0.15, -0.1) is 0 Å². The molecule has 0 spiro atoms. The van der Waals surface area contributed by atoms with Crippen molar-refractivity contribution in [2.45, 2.75) is 47.5 Å². The molecule has 0 aliphatic carbocycles. The highest BCUT2D eigenvalue weighted by Gasteiger charge is 2.18. The van der Waals surface area contributed by atoms with E-state index in [1.807, 2.05) is 4.90 Å². The van der Waals surface area contributed by atoms with Crippen LogP contribution in [0, 0.1) is 11.8 Å². The van der Waals surface area contributed by atoms with Crippen molar-refractivity contribution in [3.63, 3.8) is 0 Å². The smallest absolute Gasteiger partial charge is 0.236 e. The molecular weight excluding hydrogens is 252 g/mol. The molecule has 1 amide bonds. The van der Waals surface area contributed by atoms with Gasteiger partial charge in [-0.3, -0.25) is 9.69 Å². The fourth-order valence-electron chi connectivity index (χ4n) is 2.24. The molecule has 4 nitrogen and oxygen atoms in total. The van der Waals surface area contributed by atoms with E-state index in [-0.39, 0.29) is 12.5 Å². The summed E-state index contributed by atoms with van der Waals surface area (Å²) >= 11 is 0. The minimum Gasteiger partial charge on any atom is -0.395 e. The van der Waals surface area contributed by atoms with Crippen LogP contribution in [-0.2, 0) is 4.79 Å². The van der Waals surface area contributed by atoms with Gasteiger partial charge in [0.2, 0.25) is 5.91 Å². The molecule has 0 aliphatic rings. The first-order valence-electron chi connectivity index (χ1n) is 8.01. The average molecular weight is 286 g/mol. The molecule has 1 N–H and O–H groups in total. The number of nitrogens with zero attached hydrogens (tertiary/aromatic N) is 2. The molecule has 0 radical (unpaired) electrons. The van der Waals surface area contributed by atoms with Gasteiger partial charge in [-0.05, 0) is 24.8 Å². The highest BCUT2D eigenvalue weighted by molar-refractivity contribution is 5.78. The van der Waals surface area contributed by atoms with Crippen LogP contribution in [0.5, 0.6) is 0 Å². The van der Waals surface area contributed by atoms with Gasteiger partial charge in [-0.2, -0.15) is 0 Å². The molecule has 0 atom stereocenters. The second kappa shape index (κ2) is 11.1. The second-order valence-electron chi connectivity index (χ2n) is 6.44. The second-order valence-corrected chi connectivity index (χ2v) is 6.44. The normalized spacial score (nSPS) is 11.7. The van der Waals surface area contributed by atoms with Crippen LogP contribution in [0.1, 0.15) is 47.5 Å². The number of amides is 1. The first-order valence-corrected chi connectivity index (χ1v) is 8.01. The van der Waals surface area contributed by atoms with Crippen molar-refractivity contribution in [2.24, 2.45) is 11.8 Å². The van der Waals surface area contributed by atoms with E-state index in [2.05, 4.69) is 39.5 Å². The van der Waals surface area contributed by atoms with Crippen LogP contribution in [0.3, 0.4) is 0 Å². The number of carbonyl (C=O) groups is 1. The zero-order chi connectivity index (χ0) is 15.5. The van der Waals surface area contributed by atoms with Crippen molar-refractivity contribution >= 4 is 5.91 Å². The van der Waals surface area contributed by atoms with Crippen LogP contribution in [0.15, 0.2) is 0 Å². The van der Waals surface area contributed by atoms with E-state index in [4.69, 9.17) is 5.11 Å². The van der Waals surface area contributed by atoms with Crippen molar-refractivity contribution in [2.75, 3.05) is 39.3 Å². The van der Waals surface area contributed by atoms with Crippen molar-refractivity contribution in [3.8, 4) is 0 Å². The zero-order valence-corrected chi connectivity index (χ0v) is 14.1. The summed E-state index contributed by atoms with van der Waals surface area (Å²) in [6.45, 7) is 14.4. The summed E-state index contributed by atoms with van der Waals surface area (Å²) in [5.74, 6) is 1.16. The van der Waals surface area contributed by atoms with E-state index < -0.39 is 0 Å². The summed E-state index contributed by atoms with van der Waals surface area (Å²) in [6.07, 6.45) is 2.18. The maximum Gasteiger partial charge on any atom is 0.236 e. The number of hydrogen-bond donors (Lipinski definition) is 1. The number of unbranched alkanes of at least 4 members (excludes halogenated alkanes) is 1. The summed E-state index contributed by atoms with van der Waals surface area (Å²) in [5, 5.41) is 9.11. The molecule has 0 bridgehead atoms. The van der Waals surface area contributed by atoms with Gasteiger partial charge in [0.25, 0.3) is 0 Å². The van der Waals surface area contributed by atoms with Crippen LogP contribution in [-0.4, -0.2) is 60.1 Å². The van der Waals surface area contributed by atoms with Gasteiger partial charge >= 0.3 is 0 Å². The van der Waals surface area contributed by atoms with E-state index in [9.17, 15) is 4.79 Å². The van der Waals surface area contributed by atoms with Crippen LogP contribution in [0.2, 0.25) is 0 Å². The molecule has 0 saturated heterocycles. The maximum atomic E-state index is 12.5. The van der Waals surface area contributed by atoms with Gasteiger partial charge in [0.05, 0.1) is 13.2 Å². The molecule has 0 aromatic heterocycles. The van der Waals surface area contributed by atoms with Crippen LogP contribution >= 0.6 is 0 Å². The number of aliphatic hydroxyl groups excluding tert-OH is 1. The summed E-state index contributed by atoms with van der Waals surface area (Å²) in [4.78, 5) is 16.5. The predicted molar refractivity (Wildman–Crippen MR) is 84.7 cm³/mol. The Kier molecular flexibility index (Phi) is 10.8. The largest absolute Gasteiger partial charge is 0.395 e. The third kappa shape index (κ3) is 9.32. The minimum absolute atomic E-state index is 0.116. The molecule has 0 fully saturated rings. The lowest BCUT2D eigenvalue weighted by molar-refractivity contribution is -0.133. The highest BCUT2D eigenvalue weighted by Crippen LogP contribution is 2.06. The molecule has 0 saturated carbocycles. The Morgan fingerprint density at radius 3 is 2.00 bits per heavy atom. The SMILES string of the molecule is CCCCN(CCO)CC(=O)N(CC(C)C)CC(C)C. The minimum atomic E-state index is 0.116. The quantitative estimate of drug-likeness (QED) is 0.633. The lowest BCUT2D eigenvalue weighted by Gasteiger charge is -2.29. The van der Waals surface area contributed by atoms with E-state index in [0.717, 1.165) is 32.5 Å². The monoisotopic (exact) mass is 286 g/mol. The van der Waals surface area contributed by atoms with Gasteiger partial charge < -0.3 is 10.0 Å². The molecule has 0 aliphatic heterocycles. The standard InChI is InChI=1S/C16H34N2O2/c1-6-7-8-17(9-10-19)13-16(20)18(11-14(2)3)12-15(4)5/h14-15,19H,6-13H2,1-5H3. The Balaban J connectivity index is 4.51. The first-order chi connectivity index (χ1) is 9.40. The fourth-order valence-corrected chi connectivity index (χ4v) is 2.24. The van der Waals surface area contributed by atoms with E-state index in [0.29, 0.717) is 24.9 Å². The molecule has 0 aromatic rings. The summed E-state index contributed by atoms with van der Waals surface area (Å²) in [7, 11) is 0. The number of aliphatic hydroxyl groups is 1. The van der Waals surface area contributed by atoms with E-state index >= 15 is 0 Å². The van der Waals surface area contributed by atoms with E-state index in [1.54, 1.807) is 0 Å². The van der Waals surface area contributed by atoms with Gasteiger partial charge in [0.1, 0.15) is 0 Å². The third-order valence-electron chi connectivity index (χ3n) is 3.13. The summed E-state index contributed by atoms with van der Waals surface area (Å²) < 4.78 is 0. The summed E-state index contributed by atoms with van der Waals surface area (Å²) in [6, 6.07) is 0. The molecule has 0 rings (SSSR count). The van der Waals surface area contributed by atoms with Gasteiger partial charge in [0.15, 0.2) is 0 Å². The summed E-state index contributed by atoms with van der Waals surface area (Å²) in [5.41, 5.74) is 0. The first kappa shape index (κ1) is 19.4. The van der Waals surface area contributed by atoms with Gasteiger partial charge in [0, 0.05) is 19.6 Å². The molecule has 0 aromatic carbocycles. The Bertz CT molecular complexity index is 245. The lowest BCUT2D eigenvalue weighted by atomic mass is 10.1. The number of hydrogen-bond acceptors (Lipinski definition) is 3. The lowest BCUT2D eigenvalue weighted by Crippen LogP contribution is -2.44. The molecule has 0 heterocycles. The van der Waals surface area contributed by atoms with E-state index in [1.165, 1.54) is 0 Å². The van der Waals surface area contributed by atoms with Crippen molar-refractivity contribution in [3.05, 3.63) is 0 Å². The molecule has 4 heteroatoms. The average Bonchev–Trinajstić information content (AvgIpc) is 2.34. The zero-order valence-electron chi connectivity index (χ0n) is 14.1. The topological polar surface area (TPSA) is 43.8 Å². The van der Waals surface area contributed by atoms with Gasteiger partial charge in [-0.1, -0.05) is 41.0 Å². The Morgan fingerprint density at radius 2 is 1.60 bits per heavy atom. The van der Waals surface area contributed by atoms with Crippen molar-refractivity contribution in [1.29, 1.82) is 0 Å². The van der Waals surface area contributed by atoms with Crippen LogP contribution < -0.4 is 0 Å². The molecule has 20 heavy (non-hydrogen) atoms. The van der Waals surface area contributed by atoms with Crippen LogP contribution in [0.25, 0.3) is 0 Å². The van der Waals surface area contributed by atoms with Gasteiger partial charge in [-0.25, -0.2) is 0 Å². The highest BCUT2D eigenvalue weighted by atomic mass is 16.3. The Labute approximate surface area is 125 Å². The van der Waals surface area contributed by atoms with Crippen molar-refractivity contribution < 1.29 is 9.90 Å². The van der Waals surface area contributed by atoms with Crippen LogP contribution in [0.4, 0.5) is 0 Å². The molecule has 120 valence electrons. The number of carbonyl (C=O) groups excluding carboxylic acids is 1. The molecule has 0 unspecified atom stereocenters.